The van der Waals surface area contributed by atoms with Crippen LogP contribution in [-0.2, 0) is 6.42 Å². The minimum atomic E-state index is -0.359. The fourth-order valence-electron chi connectivity index (χ4n) is 2.36. The van der Waals surface area contributed by atoms with Gasteiger partial charge < -0.3 is 4.74 Å². The average molecular weight is 239 g/mol. The normalized spacial score (nSPS) is 21.8. The molecule has 0 radical (unpaired) electrons. The van der Waals surface area contributed by atoms with Crippen LogP contribution in [0.3, 0.4) is 0 Å². The minimum absolute atomic E-state index is 0.279. The molecule has 0 N–H and O–H groups in total. The molecule has 0 aliphatic carbocycles. The van der Waals surface area contributed by atoms with E-state index in [0.29, 0.717) is 6.42 Å². The van der Waals surface area contributed by atoms with Gasteiger partial charge in [-0.05, 0) is 17.2 Å². The van der Waals surface area contributed by atoms with Crippen LogP contribution < -0.4 is 4.74 Å². The lowest BCUT2D eigenvalue weighted by Crippen LogP contribution is -2.28. The first-order chi connectivity index (χ1) is 8.88. The van der Waals surface area contributed by atoms with Crippen LogP contribution in [0, 0.1) is 4.91 Å². The fraction of sp³-hybridized carbons (Fsp3) is 0.200. The monoisotopic (exact) mass is 239 g/mol. The van der Waals surface area contributed by atoms with E-state index in [4.69, 9.17) is 4.74 Å². The summed E-state index contributed by atoms with van der Waals surface area (Å²) in [6.45, 7) is 0. The third-order valence-electron chi connectivity index (χ3n) is 3.27. The van der Waals surface area contributed by atoms with Crippen molar-refractivity contribution < 1.29 is 4.74 Å². The zero-order valence-electron chi connectivity index (χ0n) is 9.82. The second-order valence-electron chi connectivity index (χ2n) is 4.43. The van der Waals surface area contributed by atoms with E-state index in [1.807, 2.05) is 54.6 Å². The first kappa shape index (κ1) is 11.0. The smallest absolute Gasteiger partial charge is 0.150 e. The van der Waals surface area contributed by atoms with Crippen LogP contribution in [0.5, 0.6) is 5.75 Å². The molecular weight excluding hydrogens is 226 g/mol. The quantitative estimate of drug-likeness (QED) is 0.752. The summed E-state index contributed by atoms with van der Waals surface area (Å²) in [6.07, 6.45) is 0.359. The zero-order chi connectivity index (χ0) is 12.4. The highest BCUT2D eigenvalue weighted by Gasteiger charge is 2.31. The molecule has 0 saturated heterocycles. The first-order valence-electron chi connectivity index (χ1n) is 6.00. The van der Waals surface area contributed by atoms with Crippen molar-refractivity contribution in [3.05, 3.63) is 70.6 Å². The number of ether oxygens (including phenoxy) is 1. The van der Waals surface area contributed by atoms with Crippen molar-refractivity contribution in [2.24, 2.45) is 5.18 Å². The van der Waals surface area contributed by atoms with Crippen LogP contribution in [0.2, 0.25) is 0 Å². The second kappa shape index (κ2) is 4.61. The molecule has 90 valence electrons. The Morgan fingerprint density at radius 1 is 1.00 bits per heavy atom. The molecule has 0 bridgehead atoms. The molecule has 0 fully saturated rings. The van der Waals surface area contributed by atoms with Crippen molar-refractivity contribution in [2.45, 2.75) is 18.6 Å². The van der Waals surface area contributed by atoms with Gasteiger partial charge in [-0.3, -0.25) is 0 Å². The van der Waals surface area contributed by atoms with Crippen LogP contribution in [0.25, 0.3) is 0 Å². The number of hydrogen-bond acceptors (Lipinski definition) is 3. The topological polar surface area (TPSA) is 38.7 Å². The van der Waals surface area contributed by atoms with Crippen LogP contribution in [0.4, 0.5) is 0 Å². The molecule has 2 unspecified atom stereocenters. The molecule has 0 aromatic heterocycles. The van der Waals surface area contributed by atoms with Gasteiger partial charge in [0.1, 0.15) is 17.9 Å². The lowest BCUT2D eigenvalue weighted by Gasteiger charge is -2.29. The van der Waals surface area contributed by atoms with Gasteiger partial charge in [0.25, 0.3) is 0 Å². The highest BCUT2D eigenvalue weighted by molar-refractivity contribution is 5.38. The summed E-state index contributed by atoms with van der Waals surface area (Å²) in [5, 5.41) is 3.23. The van der Waals surface area contributed by atoms with Gasteiger partial charge in [-0.15, -0.1) is 0 Å². The van der Waals surface area contributed by atoms with Crippen LogP contribution in [0.15, 0.2) is 59.8 Å². The van der Waals surface area contributed by atoms with Crippen molar-refractivity contribution in [3.8, 4) is 5.75 Å². The number of fused-ring (bicyclic) bond motifs is 1. The molecule has 0 saturated carbocycles. The fourth-order valence-corrected chi connectivity index (χ4v) is 2.36. The van der Waals surface area contributed by atoms with Crippen molar-refractivity contribution in [3.63, 3.8) is 0 Å². The summed E-state index contributed by atoms with van der Waals surface area (Å²) in [6, 6.07) is 17.2. The highest BCUT2D eigenvalue weighted by atomic mass is 16.5. The van der Waals surface area contributed by atoms with E-state index in [1.54, 1.807) is 0 Å². The largest absolute Gasteiger partial charge is 0.483 e. The molecular formula is C15H13NO2. The van der Waals surface area contributed by atoms with E-state index in [0.717, 1.165) is 16.9 Å². The van der Waals surface area contributed by atoms with Gasteiger partial charge in [0, 0.05) is 6.42 Å². The molecule has 3 rings (SSSR count). The molecule has 2 aromatic rings. The lowest BCUT2D eigenvalue weighted by molar-refractivity contribution is 0.154. The zero-order valence-corrected chi connectivity index (χ0v) is 9.82. The molecule has 0 spiro atoms. The maximum Gasteiger partial charge on any atom is 0.150 e. The van der Waals surface area contributed by atoms with Crippen molar-refractivity contribution in [1.82, 2.24) is 0 Å². The molecule has 18 heavy (non-hydrogen) atoms. The molecule has 1 aliphatic rings. The maximum absolute atomic E-state index is 11.0. The molecule has 3 nitrogen and oxygen atoms in total. The molecule has 2 aromatic carbocycles. The van der Waals surface area contributed by atoms with Crippen LogP contribution in [-0.4, -0.2) is 6.04 Å². The average Bonchev–Trinajstić information content (AvgIpc) is 2.46. The Balaban J connectivity index is 1.98. The second-order valence-corrected chi connectivity index (χ2v) is 4.43. The number of rotatable bonds is 2. The molecule has 3 heteroatoms. The Bertz CT molecular complexity index is 553. The van der Waals surface area contributed by atoms with Gasteiger partial charge in [-0.2, -0.15) is 4.91 Å². The highest BCUT2D eigenvalue weighted by Crippen LogP contribution is 2.36. The van der Waals surface area contributed by atoms with E-state index >= 15 is 0 Å². The first-order valence-corrected chi connectivity index (χ1v) is 6.00. The van der Waals surface area contributed by atoms with Crippen molar-refractivity contribution >= 4 is 0 Å². The Morgan fingerprint density at radius 3 is 2.50 bits per heavy atom. The Kier molecular flexibility index (Phi) is 2.81. The molecule has 1 aliphatic heterocycles. The third-order valence-corrected chi connectivity index (χ3v) is 3.27. The summed E-state index contributed by atoms with van der Waals surface area (Å²) >= 11 is 0. The van der Waals surface area contributed by atoms with E-state index in [9.17, 15) is 4.91 Å². The number of hydrogen-bond donors (Lipinski definition) is 0. The number of nitrogens with zero attached hydrogens (tertiary/aromatic N) is 1. The van der Waals surface area contributed by atoms with E-state index in [2.05, 4.69) is 5.18 Å². The van der Waals surface area contributed by atoms with Gasteiger partial charge in [0.2, 0.25) is 0 Å². The Morgan fingerprint density at radius 2 is 1.72 bits per heavy atom. The number of benzene rings is 2. The standard InChI is InChI=1S/C15H13NO2/c17-16-13-10-12-8-4-5-9-14(12)18-15(13)11-6-2-1-3-7-11/h1-9,13,15H,10H2. The SMILES string of the molecule is O=NC1Cc2ccccc2OC1c1ccccc1. The summed E-state index contributed by atoms with van der Waals surface area (Å²) in [5.74, 6) is 0.853. The van der Waals surface area contributed by atoms with E-state index in [1.165, 1.54) is 0 Å². The molecule has 1 heterocycles. The van der Waals surface area contributed by atoms with Crippen LogP contribution >= 0.6 is 0 Å². The van der Waals surface area contributed by atoms with Gasteiger partial charge >= 0.3 is 0 Å². The Labute approximate surface area is 105 Å². The summed E-state index contributed by atoms with van der Waals surface area (Å²) < 4.78 is 5.93. The molecule has 0 amide bonds. The maximum atomic E-state index is 11.0. The van der Waals surface area contributed by atoms with E-state index < -0.39 is 0 Å². The Hall–Kier alpha value is -2.16. The number of nitroso groups, excluding NO2 is 1. The minimum Gasteiger partial charge on any atom is -0.483 e. The van der Waals surface area contributed by atoms with Gasteiger partial charge in [0.05, 0.1) is 0 Å². The van der Waals surface area contributed by atoms with Gasteiger partial charge in [-0.1, -0.05) is 53.7 Å². The van der Waals surface area contributed by atoms with Crippen molar-refractivity contribution in [1.29, 1.82) is 0 Å². The van der Waals surface area contributed by atoms with Gasteiger partial charge in [-0.25, -0.2) is 0 Å². The van der Waals surface area contributed by atoms with Crippen LogP contribution in [0.1, 0.15) is 17.2 Å². The predicted octanol–water partition coefficient (Wildman–Crippen LogP) is 3.50. The van der Waals surface area contributed by atoms with Gasteiger partial charge in [0.15, 0.2) is 0 Å². The third kappa shape index (κ3) is 1.88. The summed E-state index contributed by atoms with van der Waals surface area (Å²) in [5.41, 5.74) is 2.05. The van der Waals surface area contributed by atoms with E-state index in [-0.39, 0.29) is 12.1 Å². The number of para-hydroxylation sites is 1. The summed E-state index contributed by atoms with van der Waals surface area (Å²) in [7, 11) is 0. The summed E-state index contributed by atoms with van der Waals surface area (Å²) in [4.78, 5) is 11.0. The lowest BCUT2D eigenvalue weighted by atomic mass is 9.93. The van der Waals surface area contributed by atoms with Crippen molar-refractivity contribution in [2.75, 3.05) is 0 Å². The predicted molar refractivity (Wildman–Crippen MR) is 69.5 cm³/mol. The molecule has 2 atom stereocenters.